The highest BCUT2D eigenvalue weighted by Gasteiger charge is 2.15. The molecule has 58 valence electrons. The highest BCUT2D eigenvalue weighted by atomic mass is 15.0. The van der Waals surface area contributed by atoms with Gasteiger partial charge in [0.15, 0.2) is 0 Å². The zero-order chi connectivity index (χ0) is 7.68. The number of hydrogen-bond acceptors (Lipinski definition) is 3. The minimum atomic E-state index is 0.167. The van der Waals surface area contributed by atoms with E-state index in [0.29, 0.717) is 0 Å². The monoisotopic (exact) mass is 149 g/mol. The van der Waals surface area contributed by atoms with Crippen molar-refractivity contribution in [1.82, 2.24) is 4.98 Å². The minimum Gasteiger partial charge on any atom is -0.370 e. The first-order valence-corrected chi connectivity index (χ1v) is 3.82. The fraction of sp³-hybridized carbons (Fsp3) is 0.375. The molecule has 1 aliphatic heterocycles. The molecule has 0 saturated carbocycles. The molecule has 1 atom stereocenters. The highest BCUT2D eigenvalue weighted by molar-refractivity contribution is 5.47. The largest absolute Gasteiger partial charge is 0.370 e. The maximum absolute atomic E-state index is 5.87. The molecular weight excluding hydrogens is 138 g/mol. The molecule has 1 aromatic rings. The maximum atomic E-state index is 5.87. The molecule has 2 heterocycles. The van der Waals surface area contributed by atoms with Gasteiger partial charge in [0.1, 0.15) is 5.82 Å². The van der Waals surface area contributed by atoms with Crippen molar-refractivity contribution in [2.75, 3.05) is 11.9 Å². The number of hydrogen-bond donors (Lipinski definition) is 2. The predicted molar refractivity (Wildman–Crippen MR) is 44.3 cm³/mol. The van der Waals surface area contributed by atoms with Crippen LogP contribution in [0.25, 0.3) is 0 Å². The molecule has 0 saturated heterocycles. The van der Waals surface area contributed by atoms with Gasteiger partial charge in [-0.3, -0.25) is 0 Å². The summed E-state index contributed by atoms with van der Waals surface area (Å²) in [7, 11) is 0. The quantitative estimate of drug-likeness (QED) is 0.576. The fourth-order valence-electron chi connectivity index (χ4n) is 1.37. The molecule has 0 fully saturated rings. The number of nitrogens with two attached hydrogens (primary N) is 1. The Labute approximate surface area is 65.6 Å². The Hall–Kier alpha value is -1.09. The number of pyridine rings is 1. The average Bonchev–Trinajstić information content (AvgIpc) is 2.06. The Morgan fingerprint density at radius 3 is 3.36 bits per heavy atom. The first-order valence-electron chi connectivity index (χ1n) is 3.82. The molecule has 0 radical (unpaired) electrons. The van der Waals surface area contributed by atoms with Gasteiger partial charge >= 0.3 is 0 Å². The van der Waals surface area contributed by atoms with E-state index >= 15 is 0 Å². The number of nitrogens with zero attached hydrogens (tertiary/aromatic N) is 1. The van der Waals surface area contributed by atoms with E-state index in [1.54, 1.807) is 6.20 Å². The molecule has 0 amide bonds. The molecule has 0 aliphatic carbocycles. The van der Waals surface area contributed by atoms with Gasteiger partial charge in [-0.05, 0) is 12.5 Å². The van der Waals surface area contributed by atoms with Gasteiger partial charge in [-0.25, -0.2) is 4.98 Å². The van der Waals surface area contributed by atoms with Gasteiger partial charge in [-0.1, -0.05) is 6.07 Å². The van der Waals surface area contributed by atoms with E-state index < -0.39 is 0 Å². The van der Waals surface area contributed by atoms with Crippen molar-refractivity contribution in [3.8, 4) is 0 Å². The second-order valence-corrected chi connectivity index (χ2v) is 2.76. The van der Waals surface area contributed by atoms with E-state index in [4.69, 9.17) is 5.73 Å². The molecule has 3 N–H and O–H groups in total. The van der Waals surface area contributed by atoms with E-state index in [0.717, 1.165) is 24.3 Å². The molecule has 0 bridgehead atoms. The second-order valence-electron chi connectivity index (χ2n) is 2.76. The third kappa shape index (κ3) is 1.07. The Morgan fingerprint density at radius 1 is 1.64 bits per heavy atom. The van der Waals surface area contributed by atoms with E-state index in [9.17, 15) is 0 Å². The SMILES string of the molecule is NC1CCNc2ncccc21. The summed E-state index contributed by atoms with van der Waals surface area (Å²) in [5.41, 5.74) is 7.00. The van der Waals surface area contributed by atoms with Crippen LogP contribution in [0.2, 0.25) is 0 Å². The summed E-state index contributed by atoms with van der Waals surface area (Å²) in [4.78, 5) is 4.18. The number of rotatable bonds is 0. The van der Waals surface area contributed by atoms with Crippen molar-refractivity contribution in [2.24, 2.45) is 5.73 Å². The van der Waals surface area contributed by atoms with Crippen molar-refractivity contribution in [3.63, 3.8) is 0 Å². The molecule has 2 rings (SSSR count). The van der Waals surface area contributed by atoms with Crippen LogP contribution in [0.15, 0.2) is 18.3 Å². The van der Waals surface area contributed by atoms with Crippen LogP contribution in [0.4, 0.5) is 5.82 Å². The second kappa shape index (κ2) is 2.51. The number of nitrogens with one attached hydrogen (secondary N) is 1. The lowest BCUT2D eigenvalue weighted by Crippen LogP contribution is -2.23. The van der Waals surface area contributed by atoms with E-state index in [-0.39, 0.29) is 6.04 Å². The fourth-order valence-corrected chi connectivity index (χ4v) is 1.37. The number of fused-ring (bicyclic) bond motifs is 1. The van der Waals surface area contributed by atoms with Crippen LogP contribution in [0.3, 0.4) is 0 Å². The van der Waals surface area contributed by atoms with Gasteiger partial charge in [-0.15, -0.1) is 0 Å². The van der Waals surface area contributed by atoms with Crippen molar-refractivity contribution in [1.29, 1.82) is 0 Å². The van der Waals surface area contributed by atoms with Gasteiger partial charge < -0.3 is 11.1 Å². The number of aromatic nitrogens is 1. The lowest BCUT2D eigenvalue weighted by molar-refractivity contribution is 0.649. The van der Waals surface area contributed by atoms with Crippen molar-refractivity contribution in [3.05, 3.63) is 23.9 Å². The summed E-state index contributed by atoms with van der Waals surface area (Å²) in [6.07, 6.45) is 2.78. The van der Waals surface area contributed by atoms with Crippen molar-refractivity contribution < 1.29 is 0 Å². The molecular formula is C8H11N3. The smallest absolute Gasteiger partial charge is 0.130 e. The van der Waals surface area contributed by atoms with Crippen LogP contribution < -0.4 is 11.1 Å². The Morgan fingerprint density at radius 2 is 2.55 bits per heavy atom. The lowest BCUT2D eigenvalue weighted by atomic mass is 10.0. The van der Waals surface area contributed by atoms with Crippen LogP contribution >= 0.6 is 0 Å². The van der Waals surface area contributed by atoms with E-state index in [1.807, 2.05) is 12.1 Å². The maximum Gasteiger partial charge on any atom is 0.130 e. The van der Waals surface area contributed by atoms with Crippen LogP contribution in [0, 0.1) is 0 Å². The lowest BCUT2D eigenvalue weighted by Gasteiger charge is -2.21. The standard InChI is InChI=1S/C8H11N3/c9-7-3-5-11-8-6(7)2-1-4-10-8/h1-2,4,7H,3,5,9H2,(H,10,11). The zero-order valence-corrected chi connectivity index (χ0v) is 6.25. The molecule has 0 aromatic carbocycles. The topological polar surface area (TPSA) is 50.9 Å². The highest BCUT2D eigenvalue weighted by Crippen LogP contribution is 2.24. The summed E-state index contributed by atoms with van der Waals surface area (Å²) in [5.74, 6) is 0.950. The third-order valence-electron chi connectivity index (χ3n) is 1.99. The minimum absolute atomic E-state index is 0.167. The molecule has 3 heteroatoms. The van der Waals surface area contributed by atoms with E-state index in [1.165, 1.54) is 0 Å². The zero-order valence-electron chi connectivity index (χ0n) is 6.25. The van der Waals surface area contributed by atoms with E-state index in [2.05, 4.69) is 10.3 Å². The normalized spacial score (nSPS) is 22.1. The molecule has 1 unspecified atom stereocenters. The molecule has 0 spiro atoms. The van der Waals surface area contributed by atoms with Gasteiger partial charge in [0.05, 0.1) is 0 Å². The summed E-state index contributed by atoms with van der Waals surface area (Å²) in [6, 6.07) is 4.12. The first kappa shape index (κ1) is 6.61. The molecule has 1 aromatic heterocycles. The van der Waals surface area contributed by atoms with Crippen LogP contribution in [0.5, 0.6) is 0 Å². The Balaban J connectivity index is 2.44. The third-order valence-corrected chi connectivity index (χ3v) is 1.99. The first-order chi connectivity index (χ1) is 5.38. The van der Waals surface area contributed by atoms with Gasteiger partial charge in [0, 0.05) is 24.3 Å². The van der Waals surface area contributed by atoms with Gasteiger partial charge in [-0.2, -0.15) is 0 Å². The summed E-state index contributed by atoms with van der Waals surface area (Å²) >= 11 is 0. The Bertz CT molecular complexity index is 259. The molecule has 11 heavy (non-hydrogen) atoms. The summed E-state index contributed by atoms with van der Waals surface area (Å²) in [6.45, 7) is 0.936. The van der Waals surface area contributed by atoms with Crippen LogP contribution in [0.1, 0.15) is 18.0 Å². The number of anilines is 1. The van der Waals surface area contributed by atoms with Crippen LogP contribution in [-0.2, 0) is 0 Å². The molecule has 3 nitrogen and oxygen atoms in total. The van der Waals surface area contributed by atoms with Gasteiger partial charge in [0.2, 0.25) is 0 Å². The average molecular weight is 149 g/mol. The van der Waals surface area contributed by atoms with Crippen LogP contribution in [-0.4, -0.2) is 11.5 Å². The van der Waals surface area contributed by atoms with Gasteiger partial charge in [0.25, 0.3) is 0 Å². The van der Waals surface area contributed by atoms with Crippen molar-refractivity contribution >= 4 is 5.82 Å². The summed E-state index contributed by atoms with van der Waals surface area (Å²) in [5, 5.41) is 3.20. The summed E-state index contributed by atoms with van der Waals surface area (Å²) < 4.78 is 0. The van der Waals surface area contributed by atoms with Crippen molar-refractivity contribution in [2.45, 2.75) is 12.5 Å². The predicted octanol–water partition coefficient (Wildman–Crippen LogP) is 0.897. The molecule has 1 aliphatic rings. The Kier molecular flexibility index (Phi) is 1.51.